The van der Waals surface area contributed by atoms with Crippen LogP contribution in [0.4, 0.5) is 0 Å². The Morgan fingerprint density at radius 1 is 1.41 bits per heavy atom. The molecular formula is C14H24N2O. The van der Waals surface area contributed by atoms with Gasteiger partial charge in [-0.05, 0) is 52.0 Å². The third-order valence-corrected chi connectivity index (χ3v) is 3.82. The van der Waals surface area contributed by atoms with Crippen LogP contribution in [0.5, 0.6) is 0 Å². The number of likely N-dealkylation sites (tertiary alicyclic amines) is 1. The van der Waals surface area contributed by atoms with Crippen LogP contribution in [0.1, 0.15) is 45.4 Å². The third-order valence-electron chi connectivity index (χ3n) is 3.82. The summed E-state index contributed by atoms with van der Waals surface area (Å²) >= 11 is 0. The molecule has 3 heteroatoms. The van der Waals surface area contributed by atoms with Crippen molar-refractivity contribution in [3.63, 3.8) is 0 Å². The Balaban J connectivity index is 1.65. The van der Waals surface area contributed by atoms with Crippen molar-refractivity contribution >= 4 is 5.91 Å². The van der Waals surface area contributed by atoms with Crippen LogP contribution in [-0.4, -0.2) is 36.5 Å². The quantitative estimate of drug-likeness (QED) is 0.741. The lowest BCUT2D eigenvalue weighted by Crippen LogP contribution is -2.43. The van der Waals surface area contributed by atoms with Gasteiger partial charge in [0.05, 0.1) is 6.04 Å². The summed E-state index contributed by atoms with van der Waals surface area (Å²) in [5.74, 6) is 0.280. The number of amides is 1. The first-order valence-corrected chi connectivity index (χ1v) is 6.97. The second kappa shape index (κ2) is 6.20. The second-order valence-corrected chi connectivity index (χ2v) is 5.21. The Morgan fingerprint density at radius 3 is 2.82 bits per heavy atom. The fourth-order valence-electron chi connectivity index (χ4n) is 2.71. The number of nitrogens with one attached hydrogen (secondary N) is 1. The molecule has 1 saturated heterocycles. The van der Waals surface area contributed by atoms with Crippen molar-refractivity contribution in [2.75, 3.05) is 19.6 Å². The number of carbonyl (C=O) groups is 1. The highest BCUT2D eigenvalue weighted by Gasteiger charge is 2.22. The van der Waals surface area contributed by atoms with Crippen LogP contribution >= 0.6 is 0 Å². The fraction of sp³-hybridized carbons (Fsp3) is 0.786. The molecule has 0 aromatic rings. The molecule has 1 aliphatic carbocycles. The molecule has 3 nitrogen and oxygen atoms in total. The fourth-order valence-corrected chi connectivity index (χ4v) is 2.71. The highest BCUT2D eigenvalue weighted by atomic mass is 16.2. The zero-order valence-electron chi connectivity index (χ0n) is 10.9. The summed E-state index contributed by atoms with van der Waals surface area (Å²) in [5.41, 5.74) is 1.57. The predicted molar refractivity (Wildman–Crippen MR) is 69.8 cm³/mol. The molecule has 1 heterocycles. The standard InChI is InChI=1S/C14H24N2O/c1-12(14(17)16-10-4-5-11-16)15-9-8-13-6-2-3-7-13/h6,12,15H,2-5,7-11H2,1H3. The van der Waals surface area contributed by atoms with Crippen LogP contribution < -0.4 is 5.32 Å². The van der Waals surface area contributed by atoms with Crippen LogP contribution in [-0.2, 0) is 4.79 Å². The maximum absolute atomic E-state index is 12.0. The van der Waals surface area contributed by atoms with E-state index in [9.17, 15) is 4.79 Å². The zero-order chi connectivity index (χ0) is 12.1. The van der Waals surface area contributed by atoms with Crippen molar-refractivity contribution < 1.29 is 4.79 Å². The van der Waals surface area contributed by atoms with Gasteiger partial charge in [-0.2, -0.15) is 0 Å². The van der Waals surface area contributed by atoms with Gasteiger partial charge >= 0.3 is 0 Å². The summed E-state index contributed by atoms with van der Waals surface area (Å²) < 4.78 is 0. The van der Waals surface area contributed by atoms with Gasteiger partial charge in [0, 0.05) is 13.1 Å². The summed E-state index contributed by atoms with van der Waals surface area (Å²) in [7, 11) is 0. The van der Waals surface area contributed by atoms with E-state index < -0.39 is 0 Å². The topological polar surface area (TPSA) is 32.3 Å². The Labute approximate surface area is 104 Å². The Hall–Kier alpha value is -0.830. The van der Waals surface area contributed by atoms with Gasteiger partial charge in [0.15, 0.2) is 0 Å². The molecule has 2 aliphatic rings. The molecule has 1 aliphatic heterocycles. The number of allylic oxidation sites excluding steroid dienone is 1. The average molecular weight is 236 g/mol. The van der Waals surface area contributed by atoms with Gasteiger partial charge in [-0.1, -0.05) is 11.6 Å². The van der Waals surface area contributed by atoms with Gasteiger partial charge in [0.1, 0.15) is 0 Å². The molecule has 0 bridgehead atoms. The van der Waals surface area contributed by atoms with Crippen LogP contribution in [0, 0.1) is 0 Å². The summed E-state index contributed by atoms with van der Waals surface area (Å²) in [5, 5.41) is 3.35. The number of nitrogens with zero attached hydrogens (tertiary/aromatic N) is 1. The first-order valence-electron chi connectivity index (χ1n) is 6.97. The minimum atomic E-state index is -0.0184. The number of carbonyl (C=O) groups excluding carboxylic acids is 1. The predicted octanol–water partition coefficient (Wildman–Crippen LogP) is 2.09. The third kappa shape index (κ3) is 3.56. The molecular weight excluding hydrogens is 212 g/mol. The molecule has 0 aromatic carbocycles. The Bertz CT molecular complexity index is 293. The van der Waals surface area contributed by atoms with E-state index in [1.807, 2.05) is 11.8 Å². The number of hydrogen-bond acceptors (Lipinski definition) is 2. The first-order chi connectivity index (χ1) is 8.27. The van der Waals surface area contributed by atoms with Gasteiger partial charge in [0.25, 0.3) is 0 Å². The first kappa shape index (κ1) is 12.6. The van der Waals surface area contributed by atoms with Gasteiger partial charge in [0.2, 0.25) is 5.91 Å². The molecule has 96 valence electrons. The minimum Gasteiger partial charge on any atom is -0.341 e. The number of hydrogen-bond donors (Lipinski definition) is 1. The van der Waals surface area contributed by atoms with Crippen LogP contribution in [0.2, 0.25) is 0 Å². The molecule has 1 unspecified atom stereocenters. The van der Waals surface area contributed by atoms with Crippen molar-refractivity contribution in [1.29, 1.82) is 0 Å². The molecule has 1 N–H and O–H groups in total. The molecule has 0 aromatic heterocycles. The highest BCUT2D eigenvalue weighted by Crippen LogP contribution is 2.19. The van der Waals surface area contributed by atoms with Gasteiger partial charge in [-0.15, -0.1) is 0 Å². The molecule has 1 amide bonds. The molecule has 0 saturated carbocycles. The van der Waals surface area contributed by atoms with Crippen LogP contribution in [0.15, 0.2) is 11.6 Å². The van der Waals surface area contributed by atoms with Gasteiger partial charge < -0.3 is 10.2 Å². The van der Waals surface area contributed by atoms with Crippen molar-refractivity contribution in [3.05, 3.63) is 11.6 Å². The van der Waals surface area contributed by atoms with E-state index in [1.54, 1.807) is 5.57 Å². The lowest BCUT2D eigenvalue weighted by molar-refractivity contribution is -0.131. The maximum atomic E-state index is 12.0. The molecule has 17 heavy (non-hydrogen) atoms. The van der Waals surface area contributed by atoms with E-state index >= 15 is 0 Å². The summed E-state index contributed by atoms with van der Waals surface area (Å²) in [6.45, 7) is 4.84. The second-order valence-electron chi connectivity index (χ2n) is 5.21. The summed E-state index contributed by atoms with van der Waals surface area (Å²) in [4.78, 5) is 14.0. The highest BCUT2D eigenvalue weighted by molar-refractivity contribution is 5.81. The average Bonchev–Trinajstić information content (AvgIpc) is 3.00. The van der Waals surface area contributed by atoms with E-state index in [4.69, 9.17) is 0 Å². The van der Waals surface area contributed by atoms with Crippen LogP contribution in [0.25, 0.3) is 0 Å². The lowest BCUT2D eigenvalue weighted by Gasteiger charge is -2.21. The van der Waals surface area contributed by atoms with E-state index in [2.05, 4.69) is 11.4 Å². The van der Waals surface area contributed by atoms with Crippen molar-refractivity contribution in [3.8, 4) is 0 Å². The Morgan fingerprint density at radius 2 is 2.18 bits per heavy atom. The summed E-state index contributed by atoms with van der Waals surface area (Å²) in [6, 6.07) is -0.0184. The Kier molecular flexibility index (Phi) is 4.60. The largest absolute Gasteiger partial charge is 0.341 e. The summed E-state index contributed by atoms with van der Waals surface area (Å²) in [6.07, 6.45) is 9.63. The van der Waals surface area contributed by atoms with E-state index in [1.165, 1.54) is 32.1 Å². The maximum Gasteiger partial charge on any atom is 0.239 e. The van der Waals surface area contributed by atoms with Gasteiger partial charge in [-0.25, -0.2) is 0 Å². The lowest BCUT2D eigenvalue weighted by atomic mass is 10.1. The molecule has 0 radical (unpaired) electrons. The molecule has 2 rings (SSSR count). The van der Waals surface area contributed by atoms with E-state index in [-0.39, 0.29) is 11.9 Å². The van der Waals surface area contributed by atoms with Gasteiger partial charge in [-0.3, -0.25) is 4.79 Å². The van der Waals surface area contributed by atoms with E-state index in [0.717, 1.165) is 26.1 Å². The molecule has 0 spiro atoms. The molecule has 1 atom stereocenters. The smallest absolute Gasteiger partial charge is 0.239 e. The SMILES string of the molecule is CC(NCCC1=CCCC1)C(=O)N1CCCC1. The molecule has 1 fully saturated rings. The van der Waals surface area contributed by atoms with Crippen molar-refractivity contribution in [2.24, 2.45) is 0 Å². The monoisotopic (exact) mass is 236 g/mol. The van der Waals surface area contributed by atoms with Crippen molar-refractivity contribution in [1.82, 2.24) is 10.2 Å². The van der Waals surface area contributed by atoms with Crippen LogP contribution in [0.3, 0.4) is 0 Å². The van der Waals surface area contributed by atoms with Crippen molar-refractivity contribution in [2.45, 2.75) is 51.5 Å². The zero-order valence-corrected chi connectivity index (χ0v) is 10.9. The number of rotatable bonds is 5. The minimum absolute atomic E-state index is 0.0184. The normalized spacial score (nSPS) is 21.7. The van der Waals surface area contributed by atoms with E-state index in [0.29, 0.717) is 0 Å².